The summed E-state index contributed by atoms with van der Waals surface area (Å²) < 4.78 is 5.24. The predicted molar refractivity (Wildman–Crippen MR) is 87.2 cm³/mol. The highest BCUT2D eigenvalue weighted by Gasteiger charge is 2.54. The second-order valence-electron chi connectivity index (χ2n) is 6.10. The third kappa shape index (κ3) is 2.09. The number of urea groups is 1. The first kappa shape index (κ1) is 15.2. The van der Waals surface area contributed by atoms with E-state index < -0.39 is 30.1 Å². The van der Waals surface area contributed by atoms with Crippen molar-refractivity contribution in [3.05, 3.63) is 53.1 Å². The standard InChI is InChI=1S/C18H14N2O5/c1-9-2-5-13-12(6-9)11-4-3-10(25-8-15(21)22)7-14(11)18(13)16(23)19-17(24)20-18/h2-7H,8H2,1H3,(H,21,22)(H2,19,20,23,24). The third-order valence-corrected chi connectivity index (χ3v) is 4.50. The minimum absolute atomic E-state index is 0.319. The molecule has 0 radical (unpaired) electrons. The maximum absolute atomic E-state index is 12.7. The Morgan fingerprint density at radius 1 is 1.12 bits per heavy atom. The fourth-order valence-electron chi connectivity index (χ4n) is 3.49. The van der Waals surface area contributed by atoms with E-state index in [1.165, 1.54) is 0 Å². The highest BCUT2D eigenvalue weighted by Crippen LogP contribution is 2.50. The molecule has 4 rings (SSSR count). The summed E-state index contributed by atoms with van der Waals surface area (Å²) >= 11 is 0. The van der Waals surface area contributed by atoms with Crippen molar-refractivity contribution in [1.29, 1.82) is 0 Å². The van der Waals surface area contributed by atoms with E-state index in [9.17, 15) is 14.4 Å². The van der Waals surface area contributed by atoms with Crippen LogP contribution in [0, 0.1) is 6.92 Å². The molecule has 1 saturated heterocycles. The van der Waals surface area contributed by atoms with Crippen LogP contribution in [-0.4, -0.2) is 29.6 Å². The Bertz CT molecular complexity index is 952. The molecule has 2 aromatic carbocycles. The number of aryl methyl sites for hydroxylation is 1. The van der Waals surface area contributed by atoms with E-state index >= 15 is 0 Å². The van der Waals surface area contributed by atoms with Crippen LogP contribution in [-0.2, 0) is 15.1 Å². The molecule has 1 atom stereocenters. The number of rotatable bonds is 3. The second kappa shape index (κ2) is 5.07. The smallest absolute Gasteiger partial charge is 0.341 e. The normalized spacial score (nSPS) is 20.0. The lowest BCUT2D eigenvalue weighted by atomic mass is 9.87. The summed E-state index contributed by atoms with van der Waals surface area (Å²) in [5.74, 6) is -1.24. The van der Waals surface area contributed by atoms with Gasteiger partial charge in [-0.25, -0.2) is 9.59 Å². The Morgan fingerprint density at radius 2 is 1.92 bits per heavy atom. The molecule has 126 valence electrons. The molecule has 25 heavy (non-hydrogen) atoms. The number of hydrogen-bond donors (Lipinski definition) is 3. The highest BCUT2D eigenvalue weighted by atomic mass is 16.5. The van der Waals surface area contributed by atoms with Gasteiger partial charge in [0.1, 0.15) is 5.75 Å². The Balaban J connectivity index is 1.92. The van der Waals surface area contributed by atoms with Crippen molar-refractivity contribution in [2.45, 2.75) is 12.5 Å². The van der Waals surface area contributed by atoms with Gasteiger partial charge < -0.3 is 15.2 Å². The molecule has 3 N–H and O–H groups in total. The molecular weight excluding hydrogens is 324 g/mol. The van der Waals surface area contributed by atoms with Crippen molar-refractivity contribution in [3.63, 3.8) is 0 Å². The minimum Gasteiger partial charge on any atom is -0.482 e. The van der Waals surface area contributed by atoms with Crippen LogP contribution in [0.5, 0.6) is 5.75 Å². The van der Waals surface area contributed by atoms with E-state index in [4.69, 9.17) is 9.84 Å². The predicted octanol–water partition coefficient (Wildman–Crippen LogP) is 1.52. The van der Waals surface area contributed by atoms with Crippen LogP contribution in [0.1, 0.15) is 16.7 Å². The number of aliphatic carboxylic acids is 1. The molecule has 1 fully saturated rings. The topological polar surface area (TPSA) is 105 Å². The number of hydrogen-bond acceptors (Lipinski definition) is 4. The zero-order valence-corrected chi connectivity index (χ0v) is 13.3. The van der Waals surface area contributed by atoms with Gasteiger partial charge in [0.2, 0.25) is 0 Å². The minimum atomic E-state index is -1.32. The Labute approximate surface area is 142 Å². The molecule has 7 nitrogen and oxygen atoms in total. The third-order valence-electron chi connectivity index (χ3n) is 4.50. The molecule has 1 heterocycles. The van der Waals surface area contributed by atoms with Crippen LogP contribution in [0.2, 0.25) is 0 Å². The van der Waals surface area contributed by atoms with Gasteiger partial charge in [-0.3, -0.25) is 10.1 Å². The zero-order chi connectivity index (χ0) is 17.8. The van der Waals surface area contributed by atoms with Crippen LogP contribution in [0.25, 0.3) is 11.1 Å². The van der Waals surface area contributed by atoms with E-state index in [1.807, 2.05) is 25.1 Å². The van der Waals surface area contributed by atoms with Gasteiger partial charge in [-0.2, -0.15) is 0 Å². The average Bonchev–Trinajstić information content (AvgIpc) is 3.01. The SMILES string of the molecule is Cc1ccc2c(c1)-c1ccc(OCC(=O)O)cc1C21NC(=O)NC1=O. The van der Waals surface area contributed by atoms with Crippen LogP contribution < -0.4 is 15.4 Å². The molecule has 2 aliphatic rings. The Hall–Kier alpha value is -3.35. The van der Waals surface area contributed by atoms with Crippen molar-refractivity contribution in [1.82, 2.24) is 10.6 Å². The Kier molecular flexibility index (Phi) is 3.08. The summed E-state index contributed by atoms with van der Waals surface area (Å²) in [5.41, 5.74) is 2.62. The number of nitrogens with one attached hydrogen (secondary N) is 2. The molecular formula is C18H14N2O5. The van der Waals surface area contributed by atoms with Gasteiger partial charge in [-0.15, -0.1) is 0 Å². The molecule has 0 bridgehead atoms. The van der Waals surface area contributed by atoms with Crippen LogP contribution in [0.4, 0.5) is 4.79 Å². The first-order chi connectivity index (χ1) is 11.9. The highest BCUT2D eigenvalue weighted by molar-refractivity contribution is 6.13. The fraction of sp³-hybridized carbons (Fsp3) is 0.167. The number of carboxylic acids is 1. The van der Waals surface area contributed by atoms with E-state index in [0.717, 1.165) is 16.7 Å². The van der Waals surface area contributed by atoms with E-state index in [0.29, 0.717) is 16.9 Å². The van der Waals surface area contributed by atoms with Crippen molar-refractivity contribution < 1.29 is 24.2 Å². The number of imide groups is 1. The quantitative estimate of drug-likeness (QED) is 0.736. The van der Waals surface area contributed by atoms with Gasteiger partial charge in [-0.05, 0) is 35.7 Å². The molecule has 7 heteroatoms. The van der Waals surface area contributed by atoms with E-state index in [-0.39, 0.29) is 0 Å². The van der Waals surface area contributed by atoms with Crippen molar-refractivity contribution in [2.24, 2.45) is 0 Å². The molecule has 0 saturated carbocycles. The number of fused-ring (bicyclic) bond motifs is 5. The van der Waals surface area contributed by atoms with Crippen LogP contribution in [0.3, 0.4) is 0 Å². The summed E-state index contributed by atoms with van der Waals surface area (Å²) in [7, 11) is 0. The lowest BCUT2D eigenvalue weighted by Gasteiger charge is -2.23. The van der Waals surface area contributed by atoms with Gasteiger partial charge >= 0.3 is 12.0 Å². The molecule has 1 spiro atoms. The first-order valence-electron chi connectivity index (χ1n) is 7.66. The number of carbonyl (C=O) groups excluding carboxylic acids is 2. The number of benzene rings is 2. The summed E-state index contributed by atoms with van der Waals surface area (Å²) in [6, 6.07) is 10.1. The van der Waals surface area contributed by atoms with Gasteiger partial charge in [0, 0.05) is 5.56 Å². The zero-order valence-electron chi connectivity index (χ0n) is 13.3. The monoisotopic (exact) mass is 338 g/mol. The summed E-state index contributed by atoms with van der Waals surface area (Å²) in [6.07, 6.45) is 0. The summed E-state index contributed by atoms with van der Waals surface area (Å²) in [4.78, 5) is 35.2. The number of ether oxygens (including phenoxy) is 1. The van der Waals surface area contributed by atoms with Crippen molar-refractivity contribution in [3.8, 4) is 16.9 Å². The first-order valence-corrected chi connectivity index (χ1v) is 7.66. The number of amides is 3. The maximum atomic E-state index is 12.7. The molecule has 2 aromatic rings. The van der Waals surface area contributed by atoms with E-state index in [2.05, 4.69) is 10.6 Å². The van der Waals surface area contributed by atoms with Gasteiger partial charge in [0.25, 0.3) is 5.91 Å². The molecule has 1 aliphatic heterocycles. The largest absolute Gasteiger partial charge is 0.482 e. The Morgan fingerprint density at radius 3 is 2.60 bits per heavy atom. The number of carboxylic acid groups (broad SMARTS) is 1. The summed E-state index contributed by atoms with van der Waals surface area (Å²) in [6.45, 7) is 1.46. The average molecular weight is 338 g/mol. The van der Waals surface area contributed by atoms with Gasteiger partial charge in [0.05, 0.1) is 0 Å². The second-order valence-corrected chi connectivity index (χ2v) is 6.10. The lowest BCUT2D eigenvalue weighted by Crippen LogP contribution is -2.43. The number of carbonyl (C=O) groups is 3. The van der Waals surface area contributed by atoms with Crippen molar-refractivity contribution >= 4 is 17.9 Å². The molecule has 1 aliphatic carbocycles. The summed E-state index contributed by atoms with van der Waals surface area (Å²) in [5, 5.41) is 13.8. The van der Waals surface area contributed by atoms with Gasteiger partial charge in [0.15, 0.2) is 12.1 Å². The van der Waals surface area contributed by atoms with Crippen molar-refractivity contribution in [2.75, 3.05) is 6.61 Å². The fourth-order valence-corrected chi connectivity index (χ4v) is 3.49. The van der Waals surface area contributed by atoms with E-state index in [1.54, 1.807) is 18.2 Å². The molecule has 3 amide bonds. The molecule has 1 unspecified atom stereocenters. The molecule has 0 aromatic heterocycles. The van der Waals surface area contributed by atoms with Gasteiger partial charge in [-0.1, -0.05) is 29.8 Å². The van der Waals surface area contributed by atoms with Crippen LogP contribution >= 0.6 is 0 Å². The lowest BCUT2D eigenvalue weighted by molar-refractivity contribution is -0.139. The van der Waals surface area contributed by atoms with Crippen LogP contribution in [0.15, 0.2) is 36.4 Å². The maximum Gasteiger partial charge on any atom is 0.341 e.